The number of hydrogen-bond acceptors (Lipinski definition) is 6. The fourth-order valence-corrected chi connectivity index (χ4v) is 2.78. The zero-order valence-electron chi connectivity index (χ0n) is 12.7. The smallest absolute Gasteiger partial charge is 0.176 e. The molecule has 1 aromatic carbocycles. The van der Waals surface area contributed by atoms with E-state index in [1.807, 2.05) is 17.8 Å². The minimum atomic E-state index is -0.281. The molecule has 8 heteroatoms. The Hall–Kier alpha value is -2.57. The summed E-state index contributed by atoms with van der Waals surface area (Å²) in [4.78, 5) is 13.4. The molecule has 120 valence electrons. The Balaban J connectivity index is 1.84. The molecule has 0 saturated carbocycles. The van der Waals surface area contributed by atoms with E-state index in [-0.39, 0.29) is 17.9 Å². The molecule has 2 aromatic rings. The maximum Gasteiger partial charge on any atom is 0.176 e. The van der Waals surface area contributed by atoms with E-state index in [1.54, 1.807) is 12.1 Å². The molecule has 1 aliphatic rings. The van der Waals surface area contributed by atoms with E-state index >= 15 is 0 Å². The van der Waals surface area contributed by atoms with E-state index in [4.69, 9.17) is 0 Å². The van der Waals surface area contributed by atoms with Crippen molar-refractivity contribution in [3.05, 3.63) is 47.2 Å². The van der Waals surface area contributed by atoms with Crippen LogP contribution < -0.4 is 5.32 Å². The van der Waals surface area contributed by atoms with Crippen molar-refractivity contribution >= 4 is 5.94 Å². The molecule has 23 heavy (non-hydrogen) atoms. The molecule has 1 fully saturated rings. The molecule has 2 atom stereocenters. The first kappa shape index (κ1) is 15.3. The number of tetrazole rings is 1. The van der Waals surface area contributed by atoms with Crippen LogP contribution >= 0.6 is 0 Å². The number of aromatic nitrogens is 4. The zero-order valence-corrected chi connectivity index (χ0v) is 12.7. The number of carbonyl (C=O) groups excluding carboxylic acids is 1. The second kappa shape index (κ2) is 6.68. The molecule has 2 unspecified atom stereocenters. The number of rotatable bonds is 4. The summed E-state index contributed by atoms with van der Waals surface area (Å²) in [6, 6.07) is 6.17. The molecule has 0 amide bonds. The lowest BCUT2D eigenvalue weighted by Gasteiger charge is -2.41. The summed E-state index contributed by atoms with van der Waals surface area (Å²) in [6.07, 6.45) is 0.544. The maximum atomic E-state index is 13.1. The molecule has 0 bridgehead atoms. The Bertz CT molecular complexity index is 695. The lowest BCUT2D eigenvalue weighted by atomic mass is 10.0. The van der Waals surface area contributed by atoms with Crippen molar-refractivity contribution in [2.75, 3.05) is 6.54 Å². The first-order valence-electron chi connectivity index (χ1n) is 7.39. The van der Waals surface area contributed by atoms with Gasteiger partial charge in [-0.05, 0) is 24.6 Å². The summed E-state index contributed by atoms with van der Waals surface area (Å²) in [5.74, 6) is 2.34. The van der Waals surface area contributed by atoms with Gasteiger partial charge in [0.05, 0.1) is 6.04 Å². The number of benzene rings is 1. The number of nitrogens with one attached hydrogen (secondary N) is 2. The van der Waals surface area contributed by atoms with Gasteiger partial charge in [0.1, 0.15) is 17.5 Å². The summed E-state index contributed by atoms with van der Waals surface area (Å²) in [7, 11) is 0. The van der Waals surface area contributed by atoms with Crippen molar-refractivity contribution < 1.29 is 9.18 Å². The Labute approximate surface area is 132 Å². The van der Waals surface area contributed by atoms with Crippen LogP contribution in [0.25, 0.3) is 0 Å². The third-order valence-corrected chi connectivity index (χ3v) is 4.00. The van der Waals surface area contributed by atoms with Crippen LogP contribution in [-0.4, -0.2) is 50.1 Å². The highest BCUT2D eigenvalue weighted by atomic mass is 19.1. The van der Waals surface area contributed by atoms with E-state index < -0.39 is 0 Å². The lowest BCUT2D eigenvalue weighted by molar-refractivity contribution is 0.181. The van der Waals surface area contributed by atoms with Crippen molar-refractivity contribution in [2.24, 2.45) is 0 Å². The van der Waals surface area contributed by atoms with Gasteiger partial charge in [-0.15, -0.1) is 10.2 Å². The van der Waals surface area contributed by atoms with Crippen molar-refractivity contribution in [1.82, 2.24) is 30.8 Å². The van der Waals surface area contributed by atoms with Crippen molar-refractivity contribution in [2.45, 2.75) is 32.0 Å². The SMILES string of the molecule is CC1NCC(Cc2nn[nH]n2)N(Cc2ccc(F)cc2)C1=C=O. The van der Waals surface area contributed by atoms with E-state index in [2.05, 4.69) is 25.9 Å². The van der Waals surface area contributed by atoms with Crippen molar-refractivity contribution in [3.8, 4) is 0 Å². The molecule has 7 nitrogen and oxygen atoms in total. The van der Waals surface area contributed by atoms with Crippen LogP contribution in [0.15, 0.2) is 30.0 Å². The molecular formula is C15H17FN6O. The highest BCUT2D eigenvalue weighted by molar-refractivity contribution is 5.54. The molecule has 2 heterocycles. The molecule has 0 aliphatic carbocycles. The molecule has 1 aliphatic heterocycles. The predicted octanol–water partition coefficient (Wildman–Crippen LogP) is 0.459. The second-order valence-corrected chi connectivity index (χ2v) is 5.56. The summed E-state index contributed by atoms with van der Waals surface area (Å²) in [6.45, 7) is 3.10. The fourth-order valence-electron chi connectivity index (χ4n) is 2.78. The van der Waals surface area contributed by atoms with Gasteiger partial charge < -0.3 is 10.2 Å². The number of nitrogens with zero attached hydrogens (tertiary/aromatic N) is 4. The molecule has 0 radical (unpaired) electrons. The van der Waals surface area contributed by atoms with Crippen LogP contribution in [0.3, 0.4) is 0 Å². The standard InChI is InChI=1S/C15H17FN6O/c1-10-14(9-23)22(8-11-2-4-12(16)5-3-11)13(7-17-10)6-15-18-20-21-19-15/h2-5,10,13,17H,6-8H2,1H3,(H,18,19,20,21). The van der Waals surface area contributed by atoms with Gasteiger partial charge in [0.2, 0.25) is 0 Å². The molecule has 1 aromatic heterocycles. The Morgan fingerprint density at radius 2 is 2.17 bits per heavy atom. The van der Waals surface area contributed by atoms with Gasteiger partial charge in [0.25, 0.3) is 0 Å². The molecule has 0 spiro atoms. The minimum absolute atomic E-state index is 0.00898. The van der Waals surface area contributed by atoms with Crippen LogP contribution in [0.1, 0.15) is 18.3 Å². The van der Waals surface area contributed by atoms with Gasteiger partial charge >= 0.3 is 0 Å². The Morgan fingerprint density at radius 1 is 1.39 bits per heavy atom. The van der Waals surface area contributed by atoms with E-state index in [9.17, 15) is 9.18 Å². The van der Waals surface area contributed by atoms with Gasteiger partial charge in [-0.3, -0.25) is 0 Å². The highest BCUT2D eigenvalue weighted by Gasteiger charge is 2.31. The average molecular weight is 316 g/mol. The molecular weight excluding hydrogens is 299 g/mol. The minimum Gasteiger partial charge on any atom is -0.356 e. The van der Waals surface area contributed by atoms with Gasteiger partial charge in [-0.2, -0.15) is 5.21 Å². The van der Waals surface area contributed by atoms with Crippen molar-refractivity contribution in [1.29, 1.82) is 0 Å². The van der Waals surface area contributed by atoms with Crippen LogP contribution in [0.2, 0.25) is 0 Å². The van der Waals surface area contributed by atoms with Gasteiger partial charge in [-0.25, -0.2) is 9.18 Å². The maximum absolute atomic E-state index is 13.1. The third kappa shape index (κ3) is 3.44. The van der Waals surface area contributed by atoms with Crippen LogP contribution in [0, 0.1) is 5.82 Å². The van der Waals surface area contributed by atoms with E-state index in [1.165, 1.54) is 12.1 Å². The third-order valence-electron chi connectivity index (χ3n) is 4.00. The van der Waals surface area contributed by atoms with E-state index in [0.717, 1.165) is 5.56 Å². The summed E-state index contributed by atoms with van der Waals surface area (Å²) in [5.41, 5.74) is 1.47. The number of piperazine rings is 1. The molecule has 1 saturated heterocycles. The number of hydrogen-bond donors (Lipinski definition) is 2. The van der Waals surface area contributed by atoms with Crippen LogP contribution in [-0.2, 0) is 17.8 Å². The zero-order chi connectivity index (χ0) is 16.2. The number of H-pyrrole nitrogens is 1. The van der Waals surface area contributed by atoms with Gasteiger partial charge in [-0.1, -0.05) is 17.3 Å². The summed E-state index contributed by atoms with van der Waals surface area (Å²) in [5, 5.41) is 17.2. The largest absolute Gasteiger partial charge is 0.356 e. The average Bonchev–Trinajstić information content (AvgIpc) is 3.05. The number of aromatic amines is 1. The Morgan fingerprint density at radius 3 is 2.83 bits per heavy atom. The molecule has 3 rings (SSSR count). The van der Waals surface area contributed by atoms with Crippen LogP contribution in [0.4, 0.5) is 4.39 Å². The van der Waals surface area contributed by atoms with E-state index in [0.29, 0.717) is 31.0 Å². The van der Waals surface area contributed by atoms with Crippen LogP contribution in [0.5, 0.6) is 0 Å². The topological polar surface area (TPSA) is 86.8 Å². The Kier molecular flexibility index (Phi) is 4.45. The predicted molar refractivity (Wildman–Crippen MR) is 80.3 cm³/mol. The second-order valence-electron chi connectivity index (χ2n) is 5.56. The summed E-state index contributed by atoms with van der Waals surface area (Å²) < 4.78 is 13.1. The quantitative estimate of drug-likeness (QED) is 0.797. The normalized spacial score (nSPS) is 21.3. The number of halogens is 1. The first-order chi connectivity index (χ1) is 11.2. The fraction of sp³-hybridized carbons (Fsp3) is 0.400. The monoisotopic (exact) mass is 316 g/mol. The van der Waals surface area contributed by atoms with Gasteiger partial charge in [0, 0.05) is 25.6 Å². The first-order valence-corrected chi connectivity index (χ1v) is 7.39. The highest BCUT2D eigenvalue weighted by Crippen LogP contribution is 2.21. The van der Waals surface area contributed by atoms with Gasteiger partial charge in [0.15, 0.2) is 5.82 Å². The van der Waals surface area contributed by atoms with Crippen molar-refractivity contribution in [3.63, 3.8) is 0 Å². The summed E-state index contributed by atoms with van der Waals surface area (Å²) >= 11 is 0. The molecule has 2 N–H and O–H groups in total. The lowest BCUT2D eigenvalue weighted by Crippen LogP contribution is -2.54.